The molecule has 100 valence electrons. The van der Waals surface area contributed by atoms with Gasteiger partial charge in [-0.25, -0.2) is 0 Å². The van der Waals surface area contributed by atoms with Crippen LogP contribution in [0.1, 0.15) is 57.2 Å². The number of hydrogen-bond donors (Lipinski definition) is 1. The molecule has 0 saturated carbocycles. The van der Waals surface area contributed by atoms with Crippen molar-refractivity contribution in [3.63, 3.8) is 0 Å². The summed E-state index contributed by atoms with van der Waals surface area (Å²) in [7, 11) is 0. The maximum atomic E-state index is 9.32. The highest BCUT2D eigenvalue weighted by molar-refractivity contribution is 5.44. The zero-order valence-electron chi connectivity index (χ0n) is 12.4. The fraction of sp³-hybridized carbons (Fsp3) is 0.647. The van der Waals surface area contributed by atoms with Gasteiger partial charge in [0.15, 0.2) is 0 Å². The van der Waals surface area contributed by atoms with Crippen molar-refractivity contribution in [1.29, 1.82) is 0 Å². The van der Waals surface area contributed by atoms with E-state index in [2.05, 4.69) is 52.8 Å². The van der Waals surface area contributed by atoms with Gasteiger partial charge in [0.1, 0.15) is 0 Å². The van der Waals surface area contributed by atoms with E-state index in [1.807, 2.05) is 0 Å². The summed E-state index contributed by atoms with van der Waals surface area (Å²) >= 11 is 0. The van der Waals surface area contributed by atoms with Gasteiger partial charge < -0.3 is 5.11 Å². The molecule has 0 aliphatic heterocycles. The fourth-order valence-corrected chi connectivity index (χ4v) is 3.60. The van der Waals surface area contributed by atoms with Gasteiger partial charge in [-0.2, -0.15) is 0 Å². The summed E-state index contributed by atoms with van der Waals surface area (Å²) in [6, 6.07) is 6.88. The smallest absolute Gasteiger partial charge is 0.0433 e. The second-order valence-corrected chi connectivity index (χ2v) is 7.07. The Hall–Kier alpha value is -0.820. The molecule has 0 aromatic heterocycles. The first kappa shape index (κ1) is 13.6. The van der Waals surface area contributed by atoms with Crippen molar-refractivity contribution in [2.45, 2.75) is 58.3 Å². The fourth-order valence-electron chi connectivity index (χ4n) is 3.60. The lowest BCUT2D eigenvalue weighted by atomic mass is 9.57. The molecule has 1 nitrogen and oxygen atoms in total. The Morgan fingerprint density at radius 2 is 1.83 bits per heavy atom. The predicted molar refractivity (Wildman–Crippen MR) is 77.0 cm³/mol. The van der Waals surface area contributed by atoms with Crippen LogP contribution in [-0.4, -0.2) is 11.7 Å². The van der Waals surface area contributed by atoms with E-state index in [-0.39, 0.29) is 10.8 Å². The number of benzene rings is 1. The van der Waals surface area contributed by atoms with E-state index in [1.54, 1.807) is 0 Å². The Morgan fingerprint density at radius 3 is 2.44 bits per heavy atom. The second kappa shape index (κ2) is 4.38. The zero-order valence-corrected chi connectivity index (χ0v) is 12.4. The standard InChI is InChI=1S/C17H26O/c1-12-6-7-14-15(10-12)17(4,5)13(8-9-18)11-16(14,2)3/h6-7,10,13,18H,8-9,11H2,1-5H3/t13-/m0/s1. The second-order valence-electron chi connectivity index (χ2n) is 7.07. The van der Waals surface area contributed by atoms with E-state index in [0.717, 1.165) is 12.8 Å². The van der Waals surface area contributed by atoms with Gasteiger partial charge in [0.25, 0.3) is 0 Å². The van der Waals surface area contributed by atoms with Gasteiger partial charge >= 0.3 is 0 Å². The lowest BCUT2D eigenvalue weighted by Crippen LogP contribution is -2.42. The number of aliphatic hydroxyl groups excluding tert-OH is 1. The maximum absolute atomic E-state index is 9.32. The van der Waals surface area contributed by atoms with Crippen molar-refractivity contribution in [1.82, 2.24) is 0 Å². The van der Waals surface area contributed by atoms with Gasteiger partial charge in [-0.05, 0) is 47.6 Å². The molecule has 0 unspecified atom stereocenters. The van der Waals surface area contributed by atoms with Gasteiger partial charge in [-0.15, -0.1) is 0 Å². The van der Waals surface area contributed by atoms with E-state index >= 15 is 0 Å². The average Bonchev–Trinajstić information content (AvgIpc) is 2.26. The molecule has 0 saturated heterocycles. The highest BCUT2D eigenvalue weighted by atomic mass is 16.3. The molecule has 0 bridgehead atoms. The largest absolute Gasteiger partial charge is 0.396 e. The van der Waals surface area contributed by atoms with Crippen molar-refractivity contribution >= 4 is 0 Å². The molecule has 2 rings (SSSR count). The molecule has 18 heavy (non-hydrogen) atoms. The monoisotopic (exact) mass is 246 g/mol. The van der Waals surface area contributed by atoms with E-state index in [4.69, 9.17) is 0 Å². The van der Waals surface area contributed by atoms with Crippen LogP contribution in [0.5, 0.6) is 0 Å². The van der Waals surface area contributed by atoms with Gasteiger partial charge in [-0.1, -0.05) is 51.5 Å². The number of rotatable bonds is 2. The van der Waals surface area contributed by atoms with Crippen LogP contribution in [0.2, 0.25) is 0 Å². The van der Waals surface area contributed by atoms with E-state index in [0.29, 0.717) is 12.5 Å². The first-order valence-electron chi connectivity index (χ1n) is 7.01. The Kier molecular flexibility index (Phi) is 3.31. The summed E-state index contributed by atoms with van der Waals surface area (Å²) in [5.41, 5.74) is 4.70. The van der Waals surface area contributed by atoms with Crippen molar-refractivity contribution < 1.29 is 5.11 Å². The molecule has 0 spiro atoms. The number of fused-ring (bicyclic) bond motifs is 1. The molecule has 1 aromatic rings. The van der Waals surface area contributed by atoms with Crippen LogP contribution in [0.25, 0.3) is 0 Å². The minimum absolute atomic E-state index is 0.166. The molecular weight excluding hydrogens is 220 g/mol. The normalized spacial score (nSPS) is 24.7. The van der Waals surface area contributed by atoms with Crippen molar-refractivity contribution in [3.05, 3.63) is 34.9 Å². The number of aliphatic hydroxyl groups is 1. The van der Waals surface area contributed by atoms with Gasteiger partial charge in [0.05, 0.1) is 0 Å². The molecule has 1 aliphatic rings. The lowest BCUT2D eigenvalue weighted by Gasteiger charge is -2.48. The maximum Gasteiger partial charge on any atom is 0.0433 e. The molecule has 1 aromatic carbocycles. The SMILES string of the molecule is Cc1ccc2c(c1)C(C)(C)[C@@H](CCO)CC2(C)C. The molecule has 0 fully saturated rings. The molecule has 0 heterocycles. The summed E-state index contributed by atoms with van der Waals surface area (Å²) in [4.78, 5) is 0. The van der Waals surface area contributed by atoms with Crippen LogP contribution in [0, 0.1) is 12.8 Å². The summed E-state index contributed by atoms with van der Waals surface area (Å²) in [5.74, 6) is 0.562. The lowest BCUT2D eigenvalue weighted by molar-refractivity contribution is 0.162. The predicted octanol–water partition coefficient (Wildman–Crippen LogP) is 3.95. The topological polar surface area (TPSA) is 20.2 Å². The third-order valence-electron chi connectivity index (χ3n) is 4.85. The van der Waals surface area contributed by atoms with Gasteiger partial charge in [0, 0.05) is 6.61 Å². The molecule has 1 heteroatoms. The summed E-state index contributed by atoms with van der Waals surface area (Å²) in [6.07, 6.45) is 2.07. The highest BCUT2D eigenvalue weighted by Crippen LogP contribution is 2.50. The van der Waals surface area contributed by atoms with E-state index in [1.165, 1.54) is 16.7 Å². The molecule has 0 radical (unpaired) electrons. The zero-order chi connectivity index (χ0) is 13.6. The summed E-state index contributed by atoms with van der Waals surface area (Å²) in [5, 5.41) is 9.32. The van der Waals surface area contributed by atoms with Crippen LogP contribution >= 0.6 is 0 Å². The van der Waals surface area contributed by atoms with Crippen molar-refractivity contribution in [2.24, 2.45) is 5.92 Å². The Morgan fingerprint density at radius 1 is 1.17 bits per heavy atom. The first-order chi connectivity index (χ1) is 8.29. The molecule has 1 atom stereocenters. The first-order valence-corrected chi connectivity index (χ1v) is 7.01. The van der Waals surface area contributed by atoms with Crippen LogP contribution in [0.3, 0.4) is 0 Å². The van der Waals surface area contributed by atoms with E-state index in [9.17, 15) is 5.11 Å². The average molecular weight is 246 g/mol. The summed E-state index contributed by atoms with van der Waals surface area (Å²) < 4.78 is 0. The quantitative estimate of drug-likeness (QED) is 0.837. The third-order valence-corrected chi connectivity index (χ3v) is 4.85. The molecule has 1 N–H and O–H groups in total. The Bertz CT molecular complexity index is 443. The van der Waals surface area contributed by atoms with Gasteiger partial charge in [0.2, 0.25) is 0 Å². The van der Waals surface area contributed by atoms with Crippen molar-refractivity contribution in [2.75, 3.05) is 6.61 Å². The minimum atomic E-state index is 0.166. The molecule has 0 amide bonds. The number of hydrogen-bond acceptors (Lipinski definition) is 1. The van der Waals surface area contributed by atoms with E-state index < -0.39 is 0 Å². The van der Waals surface area contributed by atoms with Crippen LogP contribution in [0.4, 0.5) is 0 Å². The van der Waals surface area contributed by atoms with Crippen LogP contribution in [-0.2, 0) is 10.8 Å². The third kappa shape index (κ3) is 2.09. The highest BCUT2D eigenvalue weighted by Gasteiger charge is 2.43. The molecule has 1 aliphatic carbocycles. The van der Waals surface area contributed by atoms with Crippen LogP contribution < -0.4 is 0 Å². The van der Waals surface area contributed by atoms with Crippen LogP contribution in [0.15, 0.2) is 18.2 Å². The number of aryl methyl sites for hydroxylation is 1. The van der Waals surface area contributed by atoms with Gasteiger partial charge in [-0.3, -0.25) is 0 Å². The Labute approximate surface area is 111 Å². The minimum Gasteiger partial charge on any atom is -0.396 e. The molecular formula is C17H26O. The Balaban J connectivity index is 2.57. The summed E-state index contributed by atoms with van der Waals surface area (Å²) in [6.45, 7) is 11.8. The van der Waals surface area contributed by atoms with Crippen molar-refractivity contribution in [3.8, 4) is 0 Å².